The summed E-state index contributed by atoms with van der Waals surface area (Å²) in [7, 11) is 0.265. The molecule has 6 amide bonds. The van der Waals surface area contributed by atoms with Gasteiger partial charge in [0.15, 0.2) is 18.7 Å². The molecule has 2 aliphatic heterocycles. The van der Waals surface area contributed by atoms with Crippen molar-refractivity contribution in [3.63, 3.8) is 0 Å². The number of hydrogen-bond acceptors (Lipinski definition) is 25. The number of nitrogens with zero attached hydrogens (tertiary/aromatic N) is 4. The monoisotopic (exact) mass is 1450 g/mol. The highest BCUT2D eigenvalue weighted by atomic mass is 32.2. The molecule has 100 heavy (non-hydrogen) atoms. The lowest BCUT2D eigenvalue weighted by molar-refractivity contribution is -0.372. The summed E-state index contributed by atoms with van der Waals surface area (Å²) < 4.78 is 37.2. The van der Waals surface area contributed by atoms with Crippen molar-refractivity contribution >= 4 is 69.4 Å². The van der Waals surface area contributed by atoms with E-state index in [1.54, 1.807) is 36.1 Å². The molecule has 0 spiro atoms. The second kappa shape index (κ2) is 35.3. The van der Waals surface area contributed by atoms with E-state index in [1.807, 2.05) is 91.0 Å². The molecular weight excluding hydrogens is 1360 g/mol. The maximum Gasteiger partial charge on any atom is 0.408 e. The number of imidazole rings is 1. The number of aliphatic hydroxyl groups is 8. The van der Waals surface area contributed by atoms with E-state index in [4.69, 9.17) is 39.1 Å². The Kier molecular flexibility index (Phi) is 27.6. The number of aliphatic hydroxyl groups excluding tert-OH is 8. The van der Waals surface area contributed by atoms with E-state index >= 15 is 4.79 Å². The average molecular weight is 1450 g/mol. The molecule has 0 aliphatic carbocycles. The Balaban J connectivity index is 1.09. The van der Waals surface area contributed by atoms with E-state index in [-0.39, 0.29) is 41.2 Å². The minimum atomic E-state index is -2.16. The van der Waals surface area contributed by atoms with Crippen molar-refractivity contribution in [1.82, 2.24) is 46.1 Å². The zero-order valence-corrected chi connectivity index (χ0v) is 58.8. The number of aromatic nitrogens is 4. The Morgan fingerprint density at radius 3 is 1.87 bits per heavy atom. The van der Waals surface area contributed by atoms with Crippen LogP contribution in [0.1, 0.15) is 91.9 Å². The van der Waals surface area contributed by atoms with Crippen molar-refractivity contribution < 1.29 is 98.0 Å². The average Bonchev–Trinajstić information content (AvgIpc) is 1.39. The van der Waals surface area contributed by atoms with Crippen molar-refractivity contribution in [2.75, 3.05) is 44.6 Å². The number of alkyl carbamates (subject to hydrolysis) is 1. The third kappa shape index (κ3) is 19.3. The van der Waals surface area contributed by atoms with Gasteiger partial charge in [-0.3, -0.25) is 19.2 Å². The number of thiazole rings is 2. The number of nitrogens with one attached hydrogen (secondary N) is 5. The summed E-state index contributed by atoms with van der Waals surface area (Å²) >= 11 is 2.57. The molecule has 0 bridgehead atoms. The van der Waals surface area contributed by atoms with Gasteiger partial charge in [-0.25, -0.2) is 24.5 Å². The SMILES string of the molecule is C[C@H](C(=O)N[C@H](C(=O)NCCc1nc(-c2nc(C(=O)NCCC[S+](C)C)cs2)cs1)[C@@H](C)O)[C@H](O)[C@@H](C)NC(=O)[C@@H](NC(=O)OC(C)(C)C)[C@@H](O[C@@H]1O[C@@H](CO)[C@@H](O)[C@H](O)[C@@H]1O[C@H]1O[C@H](CO)[C@@H](O)[C@H](OC(N)=O)[C@@H]1O)c1cn(C(c2ccccc2)(c2ccccc2)c2ccccc2)cn1. The van der Waals surface area contributed by atoms with Crippen LogP contribution in [0.5, 0.6) is 0 Å². The Morgan fingerprint density at radius 2 is 1.30 bits per heavy atom. The van der Waals surface area contributed by atoms with Gasteiger partial charge in [0, 0.05) is 42.9 Å². The summed E-state index contributed by atoms with van der Waals surface area (Å²) in [5.74, 6) is -3.58. The summed E-state index contributed by atoms with van der Waals surface area (Å²) in [6, 6.07) is 22.8. The first-order valence-electron chi connectivity index (χ1n) is 32.3. The number of amides is 6. The summed E-state index contributed by atoms with van der Waals surface area (Å²) in [6.07, 6.45) is -19.4. The largest absolute Gasteiger partial charge is 0.444 e. The van der Waals surface area contributed by atoms with Gasteiger partial charge in [-0.2, -0.15) is 0 Å². The lowest BCUT2D eigenvalue weighted by atomic mass is 9.77. The standard InChI is InChI=1S/C67H88N10O20S3/c1-35(57(86)75-47(37(3)80)59(88)70-27-25-46-73-43(33-98-46)61-74-42(32-99-61)58(87)69-26-18-28-100(7)8)49(81)36(2)72-60(89)48(76-65(91)97-66(4,5)6)54(41-29-77(34-71-41)67(38-19-12-9-13-20-38,39-21-14-10-15-22-39)40-23-16-11-17-24-40)94-63-56(52(84)50(82)44(30-78)93-63)95-62-53(85)55(96-64(68)90)51(83)45(31-79)92-62/h9-17,19-24,29,32-37,44-45,47-56,62-63,78-85H,18,25-28,30-31H2,1-8H3,(H6-,68,69,70,72,75,76,86,87,88,89,90,91)/p+1/t35-,36+,37+,44-,45+,47-,48-,49-,50+,51+,52-,53-,54-,55-,56-,62+,63-/m0/s1. The number of benzene rings is 3. The van der Waals surface area contributed by atoms with Gasteiger partial charge in [0.25, 0.3) is 5.91 Å². The molecule has 2 fully saturated rings. The lowest BCUT2D eigenvalue weighted by Crippen LogP contribution is -2.65. The lowest BCUT2D eigenvalue weighted by Gasteiger charge is -2.47. The number of ether oxygens (including phenoxy) is 6. The fraction of sp³-hybridized carbons (Fsp3) is 0.507. The Hall–Kier alpha value is -7.58. The highest BCUT2D eigenvalue weighted by molar-refractivity contribution is 7.95. The van der Waals surface area contributed by atoms with Gasteiger partial charge in [-0.05, 0) is 62.2 Å². The molecule has 544 valence electrons. The van der Waals surface area contributed by atoms with Gasteiger partial charge < -0.3 is 106 Å². The molecule has 17 atom stereocenters. The first kappa shape index (κ1) is 78.1. The quantitative estimate of drug-likeness (QED) is 0.0162. The van der Waals surface area contributed by atoms with Crippen LogP contribution < -0.4 is 32.3 Å². The van der Waals surface area contributed by atoms with Crippen LogP contribution in [0.3, 0.4) is 0 Å². The third-order valence-corrected chi connectivity index (χ3v) is 19.5. The number of primary amides is 1. The number of carbonyl (C=O) groups excluding carboxylic acids is 6. The van der Waals surface area contributed by atoms with E-state index in [9.17, 15) is 64.8 Å². The molecule has 0 saturated carbocycles. The number of carbonyl (C=O) groups is 6. The van der Waals surface area contributed by atoms with Gasteiger partial charge in [0.05, 0.1) is 66.9 Å². The molecule has 8 rings (SSSR count). The maximum atomic E-state index is 15.5. The van der Waals surface area contributed by atoms with Crippen LogP contribution in [-0.4, -0.2) is 238 Å². The number of rotatable bonds is 31. The van der Waals surface area contributed by atoms with E-state index in [1.165, 1.54) is 56.0 Å². The third-order valence-electron chi connectivity index (χ3n) is 16.6. The molecule has 2 aliphatic rings. The number of nitrogens with two attached hydrogens (primary N) is 1. The van der Waals surface area contributed by atoms with Crippen molar-refractivity contribution in [2.45, 2.75) is 163 Å². The molecule has 30 nitrogen and oxygen atoms in total. The fourth-order valence-electron chi connectivity index (χ4n) is 11.5. The van der Waals surface area contributed by atoms with Crippen molar-refractivity contribution in [1.29, 1.82) is 0 Å². The molecule has 2 saturated heterocycles. The summed E-state index contributed by atoms with van der Waals surface area (Å²) in [5.41, 5.74) is 5.53. The summed E-state index contributed by atoms with van der Waals surface area (Å²) in [6.45, 7) is 7.18. The molecule has 3 aromatic carbocycles. The van der Waals surface area contributed by atoms with E-state index in [0.717, 1.165) is 12.2 Å². The van der Waals surface area contributed by atoms with Crippen molar-refractivity contribution in [2.24, 2.45) is 11.7 Å². The number of hydrogen-bond donors (Lipinski definition) is 14. The summed E-state index contributed by atoms with van der Waals surface area (Å²) in [4.78, 5) is 96.3. The van der Waals surface area contributed by atoms with Crippen LogP contribution in [0.15, 0.2) is 114 Å². The normalized spacial score (nSPS) is 23.2. The minimum absolute atomic E-state index is 0.0273. The molecule has 6 aromatic rings. The van der Waals surface area contributed by atoms with E-state index < -0.39 is 158 Å². The zero-order valence-electron chi connectivity index (χ0n) is 56.3. The van der Waals surface area contributed by atoms with Crippen molar-refractivity contribution in [3.8, 4) is 10.7 Å². The molecule has 15 N–H and O–H groups in total. The first-order valence-corrected chi connectivity index (χ1v) is 36.2. The molecular formula is C67H89N10O20S3+. The molecule has 3 aromatic heterocycles. The molecule has 33 heteroatoms. The second-order valence-corrected chi connectivity index (χ2v) is 29.6. The van der Waals surface area contributed by atoms with Crippen LogP contribution in [0.4, 0.5) is 9.59 Å². The van der Waals surface area contributed by atoms with Gasteiger partial charge >= 0.3 is 12.2 Å². The smallest absolute Gasteiger partial charge is 0.408 e. The Morgan fingerprint density at radius 1 is 0.700 bits per heavy atom. The maximum absolute atomic E-state index is 15.5. The van der Waals surface area contributed by atoms with Crippen LogP contribution >= 0.6 is 22.7 Å². The molecule has 5 heterocycles. The van der Waals surface area contributed by atoms with Gasteiger partial charge in [-0.1, -0.05) is 97.9 Å². The van der Waals surface area contributed by atoms with Crippen LogP contribution in [-0.2, 0) is 65.7 Å². The second-order valence-electron chi connectivity index (χ2n) is 25.4. The van der Waals surface area contributed by atoms with E-state index in [0.29, 0.717) is 38.9 Å². The van der Waals surface area contributed by atoms with E-state index in [2.05, 4.69) is 49.1 Å². The fourth-order valence-corrected chi connectivity index (χ4v) is 13.8. The Bertz CT molecular complexity index is 3550. The van der Waals surface area contributed by atoms with Crippen LogP contribution in [0.25, 0.3) is 10.7 Å². The zero-order chi connectivity index (χ0) is 72.8. The molecule has 0 unspecified atom stereocenters. The van der Waals surface area contributed by atoms with Gasteiger partial charge in [0.1, 0.15) is 94.2 Å². The topological polar surface area (TPSA) is 449 Å². The van der Waals surface area contributed by atoms with Crippen LogP contribution in [0, 0.1) is 5.92 Å². The van der Waals surface area contributed by atoms with Crippen LogP contribution in [0.2, 0.25) is 0 Å². The van der Waals surface area contributed by atoms with Gasteiger partial charge in [0.2, 0.25) is 17.7 Å². The highest BCUT2D eigenvalue weighted by Crippen LogP contribution is 2.42. The highest BCUT2D eigenvalue weighted by Gasteiger charge is 2.54. The van der Waals surface area contributed by atoms with Crippen molar-refractivity contribution in [3.05, 3.63) is 147 Å². The minimum Gasteiger partial charge on any atom is -0.444 e. The first-order chi connectivity index (χ1) is 47.6. The molecule has 0 radical (unpaired) electrons. The predicted molar refractivity (Wildman–Crippen MR) is 366 cm³/mol. The van der Waals surface area contributed by atoms with Gasteiger partial charge in [-0.15, -0.1) is 22.7 Å². The summed E-state index contributed by atoms with van der Waals surface area (Å²) in [5, 5.41) is 107. The predicted octanol–water partition coefficient (Wildman–Crippen LogP) is 0.705. The Labute approximate surface area is 588 Å².